The summed E-state index contributed by atoms with van der Waals surface area (Å²) in [6.45, 7) is 10.8. The van der Waals surface area contributed by atoms with E-state index in [-0.39, 0.29) is 25.2 Å². The zero-order valence-electron chi connectivity index (χ0n) is 17.7. The molecule has 6 heteroatoms. The van der Waals surface area contributed by atoms with Crippen LogP contribution in [-0.2, 0) is 24.5 Å². The van der Waals surface area contributed by atoms with Crippen molar-refractivity contribution in [1.29, 1.82) is 0 Å². The van der Waals surface area contributed by atoms with E-state index in [2.05, 4.69) is 25.2 Å². The van der Waals surface area contributed by atoms with Crippen LogP contribution >= 0.6 is 0 Å². The van der Waals surface area contributed by atoms with Crippen LogP contribution in [0, 0.1) is 0 Å². The van der Waals surface area contributed by atoms with Gasteiger partial charge in [-0.05, 0) is 42.3 Å². The van der Waals surface area contributed by atoms with E-state index >= 15 is 0 Å². The minimum atomic E-state index is -0.415. The lowest BCUT2D eigenvalue weighted by molar-refractivity contribution is -0.139. The summed E-state index contributed by atoms with van der Waals surface area (Å²) in [4.78, 5) is 21.5. The minimum absolute atomic E-state index is 0.175. The van der Waals surface area contributed by atoms with E-state index in [1.807, 2.05) is 48.5 Å². The van der Waals surface area contributed by atoms with Crippen LogP contribution in [0.1, 0.15) is 31.9 Å². The van der Waals surface area contributed by atoms with Crippen LogP contribution in [0.25, 0.3) is 0 Å². The lowest BCUT2D eigenvalue weighted by Crippen LogP contribution is -2.19. The van der Waals surface area contributed by atoms with Gasteiger partial charge in [-0.1, -0.05) is 44.7 Å². The van der Waals surface area contributed by atoms with E-state index in [4.69, 9.17) is 14.2 Å². The van der Waals surface area contributed by atoms with Crippen LogP contribution in [-0.4, -0.2) is 38.9 Å². The number of carbonyl (C=O) groups is 2. The molecule has 0 atom stereocenters. The first-order valence-electron chi connectivity index (χ1n) is 9.69. The van der Waals surface area contributed by atoms with E-state index < -0.39 is 5.97 Å². The Morgan fingerprint density at radius 2 is 1.33 bits per heavy atom. The second-order valence-electron chi connectivity index (χ2n) is 7.25. The SMILES string of the molecule is C=C(C)C(=O)OCCOc1ccc(C(C)(C)c2ccc(OCCOC=O)cc2)cc1. The van der Waals surface area contributed by atoms with Gasteiger partial charge in [0.2, 0.25) is 0 Å². The molecule has 0 fully saturated rings. The fraction of sp³-hybridized carbons (Fsp3) is 0.333. The topological polar surface area (TPSA) is 71.1 Å². The lowest BCUT2D eigenvalue weighted by atomic mass is 9.78. The number of rotatable bonds is 12. The fourth-order valence-corrected chi connectivity index (χ4v) is 2.78. The lowest BCUT2D eigenvalue weighted by Gasteiger charge is -2.26. The normalized spacial score (nSPS) is 10.8. The van der Waals surface area contributed by atoms with Crippen LogP contribution in [0.4, 0.5) is 0 Å². The molecule has 0 heterocycles. The van der Waals surface area contributed by atoms with Crippen molar-refractivity contribution >= 4 is 12.4 Å². The van der Waals surface area contributed by atoms with E-state index in [1.54, 1.807) is 6.92 Å². The van der Waals surface area contributed by atoms with Gasteiger partial charge in [0.05, 0.1) is 0 Å². The van der Waals surface area contributed by atoms with Crippen LogP contribution in [0.3, 0.4) is 0 Å². The van der Waals surface area contributed by atoms with Gasteiger partial charge in [0.1, 0.15) is 37.9 Å². The molecule has 0 aromatic heterocycles. The summed E-state index contributed by atoms with van der Waals surface area (Å²) in [5, 5.41) is 0. The summed E-state index contributed by atoms with van der Waals surface area (Å²) >= 11 is 0. The zero-order valence-corrected chi connectivity index (χ0v) is 17.7. The zero-order chi connectivity index (χ0) is 22.0. The van der Waals surface area contributed by atoms with E-state index in [0.717, 1.165) is 16.9 Å². The second-order valence-corrected chi connectivity index (χ2v) is 7.25. The van der Waals surface area contributed by atoms with Gasteiger partial charge in [0.25, 0.3) is 6.47 Å². The largest absolute Gasteiger partial charge is 0.490 e. The van der Waals surface area contributed by atoms with Gasteiger partial charge < -0.3 is 18.9 Å². The Balaban J connectivity index is 1.91. The summed E-state index contributed by atoms with van der Waals surface area (Å²) < 4.78 is 20.8. The Hall–Kier alpha value is -3.28. The highest BCUT2D eigenvalue weighted by atomic mass is 16.6. The molecule has 0 saturated carbocycles. The predicted molar refractivity (Wildman–Crippen MR) is 114 cm³/mol. The Labute approximate surface area is 177 Å². The van der Waals surface area contributed by atoms with Crippen LogP contribution in [0.15, 0.2) is 60.7 Å². The third-order valence-corrected chi connectivity index (χ3v) is 4.62. The van der Waals surface area contributed by atoms with Crippen molar-refractivity contribution in [3.63, 3.8) is 0 Å². The van der Waals surface area contributed by atoms with Gasteiger partial charge in [0.15, 0.2) is 0 Å². The Morgan fingerprint density at radius 1 is 0.867 bits per heavy atom. The van der Waals surface area contributed by atoms with Crippen LogP contribution < -0.4 is 9.47 Å². The quantitative estimate of drug-likeness (QED) is 0.227. The van der Waals surface area contributed by atoms with E-state index in [1.165, 1.54) is 0 Å². The van der Waals surface area contributed by atoms with Crippen molar-refractivity contribution in [3.05, 3.63) is 71.8 Å². The standard InChI is InChI=1S/C24H28O6/c1-18(2)23(26)30-16-15-29-22-11-7-20(8-12-22)24(3,4)19-5-9-21(10-6-19)28-14-13-27-17-25/h5-12,17H,1,13-16H2,2-4H3. The number of carbonyl (C=O) groups excluding carboxylic acids is 2. The van der Waals surface area contributed by atoms with Gasteiger partial charge in [-0.3, -0.25) is 4.79 Å². The molecule has 6 nitrogen and oxygen atoms in total. The highest BCUT2D eigenvalue weighted by molar-refractivity contribution is 5.86. The summed E-state index contributed by atoms with van der Waals surface area (Å²) in [6, 6.07) is 15.7. The van der Waals surface area contributed by atoms with Gasteiger partial charge in [0, 0.05) is 11.0 Å². The fourth-order valence-electron chi connectivity index (χ4n) is 2.78. The first-order chi connectivity index (χ1) is 14.3. The third kappa shape index (κ3) is 6.65. The number of benzene rings is 2. The molecule has 0 saturated heterocycles. The van der Waals surface area contributed by atoms with Gasteiger partial charge in [-0.2, -0.15) is 0 Å². The van der Waals surface area contributed by atoms with Gasteiger partial charge >= 0.3 is 5.97 Å². The van der Waals surface area contributed by atoms with Crippen molar-refractivity contribution in [2.75, 3.05) is 26.4 Å². The van der Waals surface area contributed by atoms with E-state index in [9.17, 15) is 9.59 Å². The Kier molecular flexibility index (Phi) is 8.47. The number of esters is 1. The van der Waals surface area contributed by atoms with Gasteiger partial charge in [-0.25, -0.2) is 4.79 Å². The molecule has 2 aromatic rings. The molecule has 0 spiro atoms. The molecule has 2 aromatic carbocycles. The van der Waals surface area contributed by atoms with Crippen molar-refractivity contribution < 1.29 is 28.5 Å². The molecular weight excluding hydrogens is 384 g/mol. The summed E-state index contributed by atoms with van der Waals surface area (Å²) in [5.74, 6) is 1.02. The third-order valence-electron chi connectivity index (χ3n) is 4.62. The highest BCUT2D eigenvalue weighted by Crippen LogP contribution is 2.33. The average molecular weight is 412 g/mol. The second kappa shape index (κ2) is 11.0. The highest BCUT2D eigenvalue weighted by Gasteiger charge is 2.23. The van der Waals surface area contributed by atoms with Crippen LogP contribution in [0.2, 0.25) is 0 Å². The molecule has 0 bridgehead atoms. The number of hydrogen-bond acceptors (Lipinski definition) is 6. The van der Waals surface area contributed by atoms with E-state index in [0.29, 0.717) is 24.4 Å². The molecule has 0 N–H and O–H groups in total. The molecule has 0 aliphatic rings. The number of ether oxygens (including phenoxy) is 4. The Bertz CT molecular complexity index is 837. The predicted octanol–water partition coefficient (Wildman–Crippen LogP) is 4.06. The average Bonchev–Trinajstić information content (AvgIpc) is 2.74. The molecule has 0 aliphatic carbocycles. The van der Waals surface area contributed by atoms with Crippen molar-refractivity contribution in [2.45, 2.75) is 26.2 Å². The number of hydrogen-bond donors (Lipinski definition) is 0. The van der Waals surface area contributed by atoms with Crippen molar-refractivity contribution in [1.82, 2.24) is 0 Å². The first kappa shape index (κ1) is 23.0. The summed E-state index contributed by atoms with van der Waals surface area (Å²) in [7, 11) is 0. The maximum atomic E-state index is 11.3. The summed E-state index contributed by atoms with van der Waals surface area (Å²) in [6.07, 6.45) is 0. The molecule has 0 radical (unpaired) electrons. The van der Waals surface area contributed by atoms with Crippen LogP contribution in [0.5, 0.6) is 11.5 Å². The molecule has 0 amide bonds. The maximum Gasteiger partial charge on any atom is 0.333 e. The Morgan fingerprint density at radius 3 is 1.77 bits per heavy atom. The molecular formula is C24H28O6. The molecule has 0 unspecified atom stereocenters. The van der Waals surface area contributed by atoms with Crippen molar-refractivity contribution in [2.24, 2.45) is 0 Å². The molecule has 2 rings (SSSR count). The van der Waals surface area contributed by atoms with Gasteiger partial charge in [-0.15, -0.1) is 0 Å². The van der Waals surface area contributed by atoms with Crippen molar-refractivity contribution in [3.8, 4) is 11.5 Å². The summed E-state index contributed by atoms with van der Waals surface area (Å²) in [5.41, 5.74) is 2.43. The first-order valence-corrected chi connectivity index (χ1v) is 9.69. The molecule has 30 heavy (non-hydrogen) atoms. The maximum absolute atomic E-state index is 11.3. The molecule has 0 aliphatic heterocycles. The molecule has 160 valence electrons. The minimum Gasteiger partial charge on any atom is -0.490 e. The smallest absolute Gasteiger partial charge is 0.333 e. The monoisotopic (exact) mass is 412 g/mol.